The normalized spacial score (nSPS) is 16.0. The molecule has 1 saturated heterocycles. The molecule has 8 nitrogen and oxygen atoms in total. The first kappa shape index (κ1) is 25.7. The average molecular weight is 516 g/mol. The lowest BCUT2D eigenvalue weighted by Crippen LogP contribution is -2.50. The fourth-order valence-electron chi connectivity index (χ4n) is 4.47. The summed E-state index contributed by atoms with van der Waals surface area (Å²) in [5, 5.41) is 0.757. The summed E-state index contributed by atoms with van der Waals surface area (Å²) >= 11 is 1.64. The molecule has 0 bridgehead atoms. The number of likely N-dealkylation sites (tertiary alicyclic amines) is 1. The number of aromatic amines is 1. The van der Waals surface area contributed by atoms with Crippen LogP contribution >= 0.6 is 11.8 Å². The Labute approximate surface area is 211 Å². The van der Waals surface area contributed by atoms with Crippen molar-refractivity contribution in [2.24, 2.45) is 5.92 Å². The van der Waals surface area contributed by atoms with E-state index in [0.29, 0.717) is 36.7 Å². The third kappa shape index (κ3) is 6.42. The lowest BCUT2D eigenvalue weighted by molar-refractivity contribution is -0.134. The van der Waals surface area contributed by atoms with Crippen LogP contribution < -0.4 is 4.72 Å². The average Bonchev–Trinajstić information content (AvgIpc) is 3.38. The summed E-state index contributed by atoms with van der Waals surface area (Å²) in [5.41, 5.74) is 2.37. The second-order valence-corrected chi connectivity index (χ2v) is 11.9. The van der Waals surface area contributed by atoms with E-state index in [9.17, 15) is 13.2 Å². The number of pyridine rings is 1. The highest BCUT2D eigenvalue weighted by atomic mass is 32.2. The monoisotopic (exact) mass is 515 g/mol. The number of carbonyl (C=O) groups excluding carboxylic acids is 1. The summed E-state index contributed by atoms with van der Waals surface area (Å²) < 4.78 is 29.7. The third-order valence-corrected chi connectivity index (χ3v) is 9.11. The molecule has 1 aromatic carbocycles. The number of rotatable bonds is 10. The molecule has 0 radical (unpaired) electrons. The number of benzene rings is 1. The predicted octanol–water partition coefficient (Wildman–Crippen LogP) is 3.89. The van der Waals surface area contributed by atoms with E-state index in [2.05, 4.69) is 26.6 Å². The van der Waals surface area contributed by atoms with Crippen molar-refractivity contribution in [3.8, 4) is 0 Å². The fraction of sp³-hybridized carbons (Fsp3) is 0.480. The lowest BCUT2D eigenvalue weighted by atomic mass is 9.94. The lowest BCUT2D eigenvalue weighted by Gasteiger charge is -2.34. The summed E-state index contributed by atoms with van der Waals surface area (Å²) in [7, 11) is -3.96. The van der Waals surface area contributed by atoms with Crippen molar-refractivity contribution in [2.75, 3.05) is 18.8 Å². The Bertz CT molecular complexity index is 1240. The van der Waals surface area contributed by atoms with Crippen molar-refractivity contribution in [1.29, 1.82) is 0 Å². The van der Waals surface area contributed by atoms with Crippen molar-refractivity contribution in [3.63, 3.8) is 0 Å². The summed E-state index contributed by atoms with van der Waals surface area (Å²) in [6.45, 7) is 5.44. The molecule has 0 saturated carbocycles. The van der Waals surface area contributed by atoms with Gasteiger partial charge in [0.1, 0.15) is 10.9 Å². The number of imidazole rings is 1. The number of nitrogens with one attached hydrogen (secondary N) is 2. The van der Waals surface area contributed by atoms with Crippen LogP contribution in [0.2, 0.25) is 0 Å². The summed E-state index contributed by atoms with van der Waals surface area (Å²) in [5.74, 6) is 1.84. The molecule has 188 valence electrons. The van der Waals surface area contributed by atoms with Crippen LogP contribution in [0.25, 0.3) is 10.9 Å². The summed E-state index contributed by atoms with van der Waals surface area (Å²) in [4.78, 5) is 26.9. The van der Waals surface area contributed by atoms with Crippen LogP contribution in [0.1, 0.15) is 43.9 Å². The van der Waals surface area contributed by atoms with E-state index in [1.54, 1.807) is 42.6 Å². The van der Waals surface area contributed by atoms with Gasteiger partial charge in [-0.2, -0.15) is 16.5 Å². The number of fused-ring (bicyclic) bond motifs is 1. The van der Waals surface area contributed by atoms with Crippen LogP contribution in [0.15, 0.2) is 47.9 Å². The smallest absolute Gasteiger partial charge is 0.243 e. The van der Waals surface area contributed by atoms with Gasteiger partial charge in [0.2, 0.25) is 15.9 Å². The van der Waals surface area contributed by atoms with Crippen molar-refractivity contribution < 1.29 is 13.2 Å². The number of sulfonamides is 1. The number of thioether (sulfide) groups is 1. The van der Waals surface area contributed by atoms with Gasteiger partial charge in [0.15, 0.2) is 0 Å². The van der Waals surface area contributed by atoms with Gasteiger partial charge in [0.25, 0.3) is 0 Å². The maximum atomic E-state index is 13.5. The molecule has 3 aromatic rings. The molecule has 1 unspecified atom stereocenters. The molecule has 1 amide bonds. The number of carbonyl (C=O) groups is 1. The molecule has 1 atom stereocenters. The first-order valence-corrected chi connectivity index (χ1v) is 14.7. The van der Waals surface area contributed by atoms with Crippen molar-refractivity contribution >= 4 is 38.6 Å². The molecule has 1 fully saturated rings. The maximum absolute atomic E-state index is 13.5. The maximum Gasteiger partial charge on any atom is 0.243 e. The highest BCUT2D eigenvalue weighted by Crippen LogP contribution is 2.24. The minimum atomic E-state index is -3.96. The van der Waals surface area contributed by atoms with Crippen LogP contribution in [0.3, 0.4) is 0 Å². The molecule has 3 heterocycles. The summed E-state index contributed by atoms with van der Waals surface area (Å²) in [6, 6.07) is 6.20. The number of hydrogen-bond acceptors (Lipinski definition) is 6. The van der Waals surface area contributed by atoms with Crippen molar-refractivity contribution in [1.82, 2.24) is 24.6 Å². The second-order valence-electron chi connectivity index (χ2n) is 9.11. The Kier molecular flexibility index (Phi) is 8.46. The Morgan fingerprint density at radius 1 is 1.29 bits per heavy atom. The van der Waals surface area contributed by atoms with Crippen LogP contribution in [0, 0.1) is 12.8 Å². The summed E-state index contributed by atoms with van der Waals surface area (Å²) in [6.07, 6.45) is 8.50. The molecule has 0 spiro atoms. The molecule has 2 N–H and O–H groups in total. The minimum absolute atomic E-state index is 0.0996. The Morgan fingerprint density at radius 3 is 2.80 bits per heavy atom. The standard InChI is InChI=1S/C25H33N5O3S2/c1-3-19-7-10-30(11-8-19)25(31)22(9-12-34-16-21-15-26-17-28-21)29-35(32,33)23-6-4-5-20-13-18(2)14-27-24(20)23/h4-6,13-15,17,19,22,29H,3,7-12,16H2,1-2H3,(H,26,28). The van der Waals surface area contributed by atoms with E-state index < -0.39 is 16.1 Å². The SMILES string of the molecule is CCC1CCN(C(=O)C(CCSCc2cnc[nH]2)NS(=O)(=O)c2cccc3cc(C)cnc23)CC1. The highest BCUT2D eigenvalue weighted by Gasteiger charge is 2.32. The van der Waals surface area contributed by atoms with Gasteiger partial charge in [-0.25, -0.2) is 13.4 Å². The zero-order valence-corrected chi connectivity index (χ0v) is 21.9. The molecule has 10 heteroatoms. The van der Waals surface area contributed by atoms with Gasteiger partial charge in [-0.05, 0) is 55.6 Å². The van der Waals surface area contributed by atoms with E-state index in [1.165, 1.54) is 0 Å². The number of aromatic nitrogens is 3. The molecule has 2 aromatic heterocycles. The fourth-order valence-corrected chi connectivity index (χ4v) is 6.80. The molecular weight excluding hydrogens is 482 g/mol. The first-order valence-electron chi connectivity index (χ1n) is 12.1. The quantitative estimate of drug-likeness (QED) is 0.397. The Balaban J connectivity index is 1.52. The van der Waals surface area contributed by atoms with Crippen LogP contribution in [0.5, 0.6) is 0 Å². The zero-order valence-electron chi connectivity index (χ0n) is 20.2. The molecular formula is C25H33N5O3S2. The van der Waals surface area contributed by atoms with Gasteiger partial charge in [0.05, 0.1) is 11.8 Å². The largest absolute Gasteiger partial charge is 0.348 e. The van der Waals surface area contributed by atoms with E-state index >= 15 is 0 Å². The number of hydrogen-bond donors (Lipinski definition) is 2. The second kappa shape index (κ2) is 11.5. The van der Waals surface area contributed by atoms with Gasteiger partial charge in [-0.15, -0.1) is 0 Å². The predicted molar refractivity (Wildman–Crippen MR) is 140 cm³/mol. The number of nitrogens with zero attached hydrogens (tertiary/aromatic N) is 3. The molecule has 1 aliphatic rings. The van der Waals surface area contributed by atoms with Gasteiger partial charge in [-0.3, -0.25) is 9.78 Å². The number of H-pyrrole nitrogens is 1. The van der Waals surface area contributed by atoms with Crippen LogP contribution in [-0.4, -0.2) is 59.1 Å². The van der Waals surface area contributed by atoms with Gasteiger partial charge in [0, 0.05) is 42.3 Å². The van der Waals surface area contributed by atoms with Gasteiger partial charge >= 0.3 is 0 Å². The molecule has 0 aliphatic carbocycles. The third-order valence-electron chi connectivity index (χ3n) is 6.56. The van der Waals surface area contributed by atoms with E-state index in [0.717, 1.165) is 41.7 Å². The number of para-hydroxylation sites is 1. The van der Waals surface area contributed by atoms with Crippen molar-refractivity contribution in [3.05, 3.63) is 54.2 Å². The molecule has 1 aliphatic heterocycles. The van der Waals surface area contributed by atoms with Crippen molar-refractivity contribution in [2.45, 2.75) is 56.2 Å². The minimum Gasteiger partial charge on any atom is -0.348 e. The van der Waals surface area contributed by atoms with Gasteiger partial charge in [-0.1, -0.05) is 25.5 Å². The highest BCUT2D eigenvalue weighted by molar-refractivity contribution is 7.98. The Morgan fingerprint density at radius 2 is 2.09 bits per heavy atom. The topological polar surface area (TPSA) is 108 Å². The van der Waals surface area contributed by atoms with Gasteiger partial charge < -0.3 is 9.88 Å². The van der Waals surface area contributed by atoms with E-state index in [4.69, 9.17) is 0 Å². The molecule has 35 heavy (non-hydrogen) atoms. The van der Waals surface area contributed by atoms with E-state index in [-0.39, 0.29) is 10.8 Å². The van der Waals surface area contributed by atoms with Crippen LogP contribution in [0.4, 0.5) is 0 Å². The Hall–Kier alpha value is -2.43. The van der Waals surface area contributed by atoms with Crippen LogP contribution in [-0.2, 0) is 20.6 Å². The number of amides is 1. The molecule has 4 rings (SSSR count). The number of aryl methyl sites for hydroxylation is 1. The zero-order chi connectivity index (χ0) is 24.8. The number of piperidine rings is 1. The van der Waals surface area contributed by atoms with E-state index in [1.807, 2.05) is 24.0 Å². The first-order chi connectivity index (χ1) is 16.9.